The van der Waals surface area contributed by atoms with Gasteiger partial charge in [0.25, 0.3) is 0 Å². The summed E-state index contributed by atoms with van der Waals surface area (Å²) in [6.45, 7) is 2.49. The standard InChI is InChI=1S/C18H38N4O7SSi2/c1-8-11-16-20-17(30-13-10-15-32(27-5,28-6)29-7)21-22(16)18(23)19-12-9-14-31(24-2,25-3)26-4/h8-15H2,1-7H3,(H,19,23). The quantitative estimate of drug-likeness (QED) is 0.190. The Labute approximate surface area is 197 Å². The molecule has 186 valence electrons. The number of carbonyl (C=O) groups excluding carboxylic acids is 1. The summed E-state index contributed by atoms with van der Waals surface area (Å²) in [7, 11) is 4.32. The summed E-state index contributed by atoms with van der Waals surface area (Å²) >= 11 is 1.50. The van der Waals surface area contributed by atoms with Gasteiger partial charge in [-0.05, 0) is 19.3 Å². The molecule has 0 saturated heterocycles. The molecule has 11 nitrogen and oxygen atoms in total. The minimum absolute atomic E-state index is 0.295. The minimum Gasteiger partial charge on any atom is -0.377 e. The van der Waals surface area contributed by atoms with Crippen molar-refractivity contribution in [3.63, 3.8) is 0 Å². The van der Waals surface area contributed by atoms with Gasteiger partial charge in [-0.25, -0.2) is 9.78 Å². The zero-order valence-corrected chi connectivity index (χ0v) is 23.1. The third kappa shape index (κ3) is 8.50. The van der Waals surface area contributed by atoms with Gasteiger partial charge in [-0.15, -0.1) is 5.10 Å². The van der Waals surface area contributed by atoms with Crippen molar-refractivity contribution < 1.29 is 31.4 Å². The first kappa shape index (κ1) is 29.2. The van der Waals surface area contributed by atoms with Crippen LogP contribution in [0.1, 0.15) is 32.0 Å². The van der Waals surface area contributed by atoms with Gasteiger partial charge in [-0.3, -0.25) is 0 Å². The second-order valence-electron chi connectivity index (χ2n) is 6.85. The molecule has 0 aliphatic heterocycles. The van der Waals surface area contributed by atoms with Gasteiger partial charge < -0.3 is 31.9 Å². The molecular formula is C18H38N4O7SSi2. The molecule has 0 fully saturated rings. The molecule has 32 heavy (non-hydrogen) atoms. The average Bonchev–Trinajstić information content (AvgIpc) is 3.23. The lowest BCUT2D eigenvalue weighted by atomic mass is 10.3. The fourth-order valence-corrected chi connectivity index (χ4v) is 7.55. The summed E-state index contributed by atoms with van der Waals surface area (Å²) in [5.74, 6) is 1.41. The minimum atomic E-state index is -2.64. The number of rotatable bonds is 17. The molecule has 1 aromatic rings. The lowest BCUT2D eigenvalue weighted by Gasteiger charge is -2.24. The SMILES string of the molecule is CCCc1nc(SCCC[Si](OC)(OC)OC)nn1C(=O)NCCC[Si](OC)(OC)OC. The van der Waals surface area contributed by atoms with Crippen LogP contribution in [0, 0.1) is 0 Å². The zero-order chi connectivity index (χ0) is 24.0. The van der Waals surface area contributed by atoms with Crippen molar-refractivity contribution >= 4 is 35.4 Å². The Morgan fingerprint density at radius 3 is 1.97 bits per heavy atom. The smallest absolute Gasteiger partial charge is 0.377 e. The summed E-state index contributed by atoms with van der Waals surface area (Å²) in [6.07, 6.45) is 3.02. The molecule has 0 bridgehead atoms. The van der Waals surface area contributed by atoms with Crippen LogP contribution in [0.2, 0.25) is 12.1 Å². The number of nitrogens with one attached hydrogen (secondary N) is 1. The van der Waals surface area contributed by atoms with Crippen LogP contribution in [0.4, 0.5) is 4.79 Å². The van der Waals surface area contributed by atoms with Crippen molar-refractivity contribution in [3.05, 3.63) is 5.82 Å². The van der Waals surface area contributed by atoms with E-state index in [1.165, 1.54) is 16.4 Å². The van der Waals surface area contributed by atoms with Crippen molar-refractivity contribution in [1.29, 1.82) is 0 Å². The van der Waals surface area contributed by atoms with Crippen molar-refractivity contribution in [3.8, 4) is 0 Å². The average molecular weight is 511 g/mol. The maximum atomic E-state index is 12.7. The molecule has 0 aromatic carbocycles. The largest absolute Gasteiger partial charge is 0.500 e. The lowest BCUT2D eigenvalue weighted by Crippen LogP contribution is -2.43. The molecule has 0 unspecified atom stereocenters. The molecule has 0 aliphatic rings. The molecule has 0 radical (unpaired) electrons. The van der Waals surface area contributed by atoms with Gasteiger partial charge in [0.2, 0.25) is 5.16 Å². The Balaban J connectivity index is 2.62. The summed E-state index contributed by atoms with van der Waals surface area (Å²) in [5.41, 5.74) is 0. The Morgan fingerprint density at radius 1 is 0.938 bits per heavy atom. The van der Waals surface area contributed by atoms with E-state index in [0.29, 0.717) is 42.5 Å². The Bertz CT molecular complexity index is 659. The highest BCUT2D eigenvalue weighted by atomic mass is 32.2. The number of nitrogens with zero attached hydrogens (tertiary/aromatic N) is 3. The van der Waals surface area contributed by atoms with E-state index in [2.05, 4.69) is 15.4 Å². The normalized spacial score (nSPS) is 12.3. The van der Waals surface area contributed by atoms with E-state index in [4.69, 9.17) is 26.6 Å². The third-order valence-corrected chi connectivity index (χ3v) is 11.6. The highest BCUT2D eigenvalue weighted by Gasteiger charge is 2.37. The predicted octanol–water partition coefficient (Wildman–Crippen LogP) is 2.42. The maximum absolute atomic E-state index is 12.7. The van der Waals surface area contributed by atoms with E-state index in [9.17, 15) is 4.79 Å². The van der Waals surface area contributed by atoms with E-state index in [1.54, 1.807) is 42.7 Å². The van der Waals surface area contributed by atoms with Crippen LogP contribution in [0.15, 0.2) is 5.16 Å². The molecule has 1 amide bonds. The fourth-order valence-electron chi connectivity index (χ4n) is 3.07. The monoisotopic (exact) mass is 510 g/mol. The molecule has 0 atom stereocenters. The van der Waals surface area contributed by atoms with Gasteiger partial charge >= 0.3 is 23.6 Å². The molecule has 0 aliphatic carbocycles. The van der Waals surface area contributed by atoms with E-state index in [0.717, 1.165) is 18.6 Å². The molecule has 1 rings (SSSR count). The van der Waals surface area contributed by atoms with Gasteiger partial charge in [0.05, 0.1) is 0 Å². The number of aromatic nitrogens is 3. The van der Waals surface area contributed by atoms with Crippen molar-refractivity contribution in [2.45, 2.75) is 49.9 Å². The zero-order valence-electron chi connectivity index (χ0n) is 20.3. The predicted molar refractivity (Wildman–Crippen MR) is 126 cm³/mol. The van der Waals surface area contributed by atoms with Crippen molar-refractivity contribution in [2.24, 2.45) is 0 Å². The van der Waals surface area contributed by atoms with Crippen LogP contribution >= 0.6 is 11.8 Å². The Hall–Kier alpha value is -0.846. The molecule has 1 aromatic heterocycles. The maximum Gasteiger partial charge on any atom is 0.500 e. The first-order valence-electron chi connectivity index (χ1n) is 10.6. The number of hydrogen-bond donors (Lipinski definition) is 1. The van der Waals surface area contributed by atoms with Crippen LogP contribution < -0.4 is 5.32 Å². The van der Waals surface area contributed by atoms with Crippen LogP contribution in [-0.2, 0) is 33.0 Å². The van der Waals surface area contributed by atoms with Gasteiger partial charge in [0.15, 0.2) is 0 Å². The Morgan fingerprint density at radius 2 is 1.47 bits per heavy atom. The van der Waals surface area contributed by atoms with Crippen LogP contribution in [0.25, 0.3) is 0 Å². The highest BCUT2D eigenvalue weighted by Crippen LogP contribution is 2.21. The van der Waals surface area contributed by atoms with Crippen molar-refractivity contribution in [2.75, 3.05) is 55.0 Å². The first-order valence-corrected chi connectivity index (χ1v) is 15.4. The molecule has 0 spiro atoms. The number of carbonyl (C=O) groups is 1. The number of hydrogen-bond acceptors (Lipinski definition) is 10. The summed E-state index contributed by atoms with van der Waals surface area (Å²) in [6, 6.07) is 1.01. The van der Waals surface area contributed by atoms with Gasteiger partial charge in [-0.1, -0.05) is 18.7 Å². The summed E-state index contributed by atoms with van der Waals surface area (Å²) in [4.78, 5) is 17.2. The molecular weight excluding hydrogens is 472 g/mol. The van der Waals surface area contributed by atoms with E-state index in [1.807, 2.05) is 6.92 Å². The topological polar surface area (TPSA) is 115 Å². The van der Waals surface area contributed by atoms with Crippen LogP contribution in [-0.4, -0.2) is 93.4 Å². The molecule has 1 heterocycles. The second kappa shape index (κ2) is 15.1. The third-order valence-electron chi connectivity index (χ3n) is 4.98. The fraction of sp³-hybridized carbons (Fsp3) is 0.833. The van der Waals surface area contributed by atoms with Crippen LogP contribution in [0.5, 0.6) is 0 Å². The van der Waals surface area contributed by atoms with Gasteiger partial charge in [-0.2, -0.15) is 4.68 Å². The first-order chi connectivity index (χ1) is 15.4. The molecule has 1 N–H and O–H groups in total. The molecule has 0 saturated carbocycles. The number of aryl methyl sites for hydroxylation is 1. The van der Waals surface area contributed by atoms with Gasteiger partial charge in [0.1, 0.15) is 5.82 Å². The summed E-state index contributed by atoms with van der Waals surface area (Å²) < 4.78 is 33.9. The lowest BCUT2D eigenvalue weighted by molar-refractivity contribution is 0.122. The van der Waals surface area contributed by atoms with Gasteiger partial charge in [0, 0.05) is 73.5 Å². The second-order valence-corrected chi connectivity index (χ2v) is 14.1. The van der Waals surface area contributed by atoms with Crippen LogP contribution in [0.3, 0.4) is 0 Å². The number of thioether (sulfide) groups is 1. The highest BCUT2D eigenvalue weighted by molar-refractivity contribution is 7.99. The summed E-state index contributed by atoms with van der Waals surface area (Å²) in [5, 5.41) is 7.87. The molecule has 14 heteroatoms. The number of amides is 1. The van der Waals surface area contributed by atoms with E-state index < -0.39 is 17.6 Å². The van der Waals surface area contributed by atoms with E-state index in [-0.39, 0.29) is 6.03 Å². The Kier molecular flexibility index (Phi) is 13.8. The van der Waals surface area contributed by atoms with E-state index >= 15 is 0 Å². The van der Waals surface area contributed by atoms with Crippen molar-refractivity contribution in [1.82, 2.24) is 20.1 Å².